The van der Waals surface area contributed by atoms with Crippen molar-refractivity contribution in [1.82, 2.24) is 4.98 Å². The largest absolute Gasteiger partial charge is 0.504 e. The third kappa shape index (κ3) is 4.50. The number of Topliss-reactive ketones (excluding diaryl/α,β-unsaturated/α-hetero) is 1. The molecule has 0 atom stereocenters. The molecule has 0 unspecified atom stereocenters. The molecule has 0 bridgehead atoms. The number of nitro groups is 1. The van der Waals surface area contributed by atoms with Crippen LogP contribution < -0.4 is 5.32 Å². The van der Waals surface area contributed by atoms with Gasteiger partial charge in [-0.25, -0.2) is 4.98 Å². The lowest BCUT2D eigenvalue weighted by molar-refractivity contribution is -0.385. The standard InChI is InChI=1S/C15H12ClN3O5/c16-10-3-1-9(2-4-10)12(20)5-6-14(22)18-15-13(21)7-11(8-17-15)19(23)24/h1-4,7-8,21H,5-6H2,(H,17,18,22). The average Bonchev–Trinajstić information content (AvgIpc) is 2.55. The number of hydrogen-bond donors (Lipinski definition) is 2. The van der Waals surface area contributed by atoms with E-state index in [-0.39, 0.29) is 24.4 Å². The Bertz CT molecular complexity index is 792. The Labute approximate surface area is 141 Å². The average molecular weight is 350 g/mol. The van der Waals surface area contributed by atoms with Crippen molar-refractivity contribution >= 4 is 34.8 Å². The molecule has 1 aromatic heterocycles. The first-order valence-electron chi connectivity index (χ1n) is 6.79. The van der Waals surface area contributed by atoms with E-state index in [2.05, 4.69) is 10.3 Å². The maximum Gasteiger partial charge on any atom is 0.291 e. The summed E-state index contributed by atoms with van der Waals surface area (Å²) in [5, 5.41) is 23.0. The molecule has 1 heterocycles. The third-order valence-electron chi connectivity index (χ3n) is 3.07. The Kier molecular flexibility index (Phi) is 5.43. The predicted octanol–water partition coefficient (Wildman–Crippen LogP) is 2.95. The Hall–Kier alpha value is -3.00. The number of anilines is 1. The number of benzene rings is 1. The summed E-state index contributed by atoms with van der Waals surface area (Å²) in [5.74, 6) is -1.51. The van der Waals surface area contributed by atoms with Crippen LogP contribution in [0.25, 0.3) is 0 Å². The second-order valence-corrected chi connectivity index (χ2v) is 5.23. The van der Waals surface area contributed by atoms with Crippen molar-refractivity contribution in [3.8, 4) is 5.75 Å². The van der Waals surface area contributed by atoms with E-state index >= 15 is 0 Å². The number of halogens is 1. The van der Waals surface area contributed by atoms with Crippen LogP contribution in [-0.2, 0) is 4.79 Å². The van der Waals surface area contributed by atoms with Crippen molar-refractivity contribution < 1.29 is 19.6 Å². The molecule has 24 heavy (non-hydrogen) atoms. The lowest BCUT2D eigenvalue weighted by Gasteiger charge is -2.06. The molecule has 0 fully saturated rings. The van der Waals surface area contributed by atoms with Crippen molar-refractivity contribution in [3.63, 3.8) is 0 Å². The molecule has 0 aliphatic rings. The van der Waals surface area contributed by atoms with Gasteiger partial charge in [0.1, 0.15) is 6.20 Å². The number of nitrogens with one attached hydrogen (secondary N) is 1. The van der Waals surface area contributed by atoms with E-state index < -0.39 is 22.3 Å². The fourth-order valence-electron chi connectivity index (χ4n) is 1.84. The van der Waals surface area contributed by atoms with Crippen LogP contribution in [0.15, 0.2) is 36.5 Å². The summed E-state index contributed by atoms with van der Waals surface area (Å²) < 4.78 is 0. The molecule has 2 rings (SSSR count). The van der Waals surface area contributed by atoms with Crippen LogP contribution in [0.5, 0.6) is 5.75 Å². The summed E-state index contributed by atoms with van der Waals surface area (Å²) in [6.07, 6.45) is 0.745. The minimum absolute atomic E-state index is 0.0405. The monoisotopic (exact) mass is 349 g/mol. The number of aromatic hydroxyl groups is 1. The Morgan fingerprint density at radius 3 is 2.50 bits per heavy atom. The number of rotatable bonds is 6. The van der Waals surface area contributed by atoms with Gasteiger partial charge in [0.15, 0.2) is 17.4 Å². The van der Waals surface area contributed by atoms with Gasteiger partial charge in [0.25, 0.3) is 5.69 Å². The van der Waals surface area contributed by atoms with E-state index in [0.29, 0.717) is 10.6 Å². The van der Waals surface area contributed by atoms with Crippen LogP contribution in [0.1, 0.15) is 23.2 Å². The van der Waals surface area contributed by atoms with E-state index in [4.69, 9.17) is 11.6 Å². The van der Waals surface area contributed by atoms with Gasteiger partial charge in [-0.15, -0.1) is 0 Å². The highest BCUT2D eigenvalue weighted by Crippen LogP contribution is 2.25. The Balaban J connectivity index is 1.92. The maximum absolute atomic E-state index is 11.9. The van der Waals surface area contributed by atoms with Gasteiger partial charge in [0.05, 0.1) is 11.0 Å². The van der Waals surface area contributed by atoms with Gasteiger partial charge in [-0.2, -0.15) is 0 Å². The lowest BCUT2D eigenvalue weighted by Crippen LogP contribution is -2.14. The van der Waals surface area contributed by atoms with E-state index in [1.807, 2.05) is 0 Å². The summed E-state index contributed by atoms with van der Waals surface area (Å²) in [4.78, 5) is 37.2. The minimum atomic E-state index is -0.719. The van der Waals surface area contributed by atoms with Gasteiger partial charge < -0.3 is 10.4 Å². The van der Waals surface area contributed by atoms with E-state index in [9.17, 15) is 24.8 Å². The van der Waals surface area contributed by atoms with Gasteiger partial charge in [0.2, 0.25) is 5.91 Å². The molecule has 1 aromatic carbocycles. The van der Waals surface area contributed by atoms with Crippen LogP contribution in [0.3, 0.4) is 0 Å². The third-order valence-corrected chi connectivity index (χ3v) is 3.32. The van der Waals surface area contributed by atoms with Crippen LogP contribution in [0.2, 0.25) is 5.02 Å². The van der Waals surface area contributed by atoms with E-state index in [1.54, 1.807) is 24.3 Å². The quantitative estimate of drug-likeness (QED) is 0.469. The SMILES string of the molecule is O=C(CCC(=O)c1ccc(Cl)cc1)Nc1ncc([N+](=O)[O-])cc1O. The van der Waals surface area contributed by atoms with Crippen molar-refractivity contribution in [1.29, 1.82) is 0 Å². The zero-order valence-corrected chi connectivity index (χ0v) is 13.0. The number of aromatic nitrogens is 1. The summed E-state index contributed by atoms with van der Waals surface area (Å²) in [5.41, 5.74) is 0.0342. The van der Waals surface area contributed by atoms with Gasteiger partial charge in [0, 0.05) is 23.4 Å². The van der Waals surface area contributed by atoms with Crippen LogP contribution in [-0.4, -0.2) is 26.7 Å². The molecule has 124 valence electrons. The molecule has 2 N–H and O–H groups in total. The summed E-state index contributed by atoms with van der Waals surface area (Å²) in [6.45, 7) is 0. The molecule has 0 saturated heterocycles. The summed E-state index contributed by atoms with van der Waals surface area (Å²) in [7, 11) is 0. The summed E-state index contributed by atoms with van der Waals surface area (Å²) >= 11 is 5.73. The van der Waals surface area contributed by atoms with Crippen LogP contribution in [0.4, 0.5) is 11.5 Å². The minimum Gasteiger partial charge on any atom is -0.504 e. The zero-order chi connectivity index (χ0) is 17.7. The van der Waals surface area contributed by atoms with Crippen molar-refractivity contribution in [2.75, 3.05) is 5.32 Å². The topological polar surface area (TPSA) is 122 Å². The zero-order valence-electron chi connectivity index (χ0n) is 12.2. The predicted molar refractivity (Wildman–Crippen MR) is 86.2 cm³/mol. The smallest absolute Gasteiger partial charge is 0.291 e. The van der Waals surface area contributed by atoms with Gasteiger partial charge in [-0.3, -0.25) is 19.7 Å². The first-order valence-corrected chi connectivity index (χ1v) is 7.16. The molecule has 2 aromatic rings. The normalized spacial score (nSPS) is 10.2. The first kappa shape index (κ1) is 17.4. The van der Waals surface area contributed by atoms with Crippen LogP contribution >= 0.6 is 11.6 Å². The molecule has 1 amide bonds. The second-order valence-electron chi connectivity index (χ2n) is 4.80. The highest BCUT2D eigenvalue weighted by molar-refractivity contribution is 6.30. The first-order chi connectivity index (χ1) is 11.4. The number of amides is 1. The number of hydrogen-bond acceptors (Lipinski definition) is 6. The van der Waals surface area contributed by atoms with Crippen molar-refractivity contribution in [2.45, 2.75) is 12.8 Å². The van der Waals surface area contributed by atoms with Crippen molar-refractivity contribution in [2.24, 2.45) is 0 Å². The highest BCUT2D eigenvalue weighted by Gasteiger charge is 2.15. The lowest BCUT2D eigenvalue weighted by atomic mass is 10.1. The number of carbonyl (C=O) groups excluding carboxylic acids is 2. The fourth-order valence-corrected chi connectivity index (χ4v) is 1.97. The molecule has 0 radical (unpaired) electrons. The van der Waals surface area contributed by atoms with Gasteiger partial charge in [-0.05, 0) is 24.3 Å². The van der Waals surface area contributed by atoms with E-state index in [0.717, 1.165) is 12.3 Å². The molecule has 0 aliphatic carbocycles. The maximum atomic E-state index is 11.9. The molecular weight excluding hydrogens is 338 g/mol. The fraction of sp³-hybridized carbons (Fsp3) is 0.133. The molecule has 0 spiro atoms. The number of nitrogens with zero attached hydrogens (tertiary/aromatic N) is 2. The van der Waals surface area contributed by atoms with Gasteiger partial charge >= 0.3 is 0 Å². The van der Waals surface area contributed by atoms with E-state index in [1.165, 1.54) is 0 Å². The molecule has 0 saturated carbocycles. The van der Waals surface area contributed by atoms with Gasteiger partial charge in [-0.1, -0.05) is 11.6 Å². The Morgan fingerprint density at radius 1 is 1.25 bits per heavy atom. The Morgan fingerprint density at radius 2 is 1.92 bits per heavy atom. The molecule has 9 heteroatoms. The van der Waals surface area contributed by atoms with Crippen molar-refractivity contribution in [3.05, 3.63) is 57.2 Å². The number of carbonyl (C=O) groups is 2. The molecule has 8 nitrogen and oxygen atoms in total. The molecule has 0 aliphatic heterocycles. The second kappa shape index (κ2) is 7.51. The number of ketones is 1. The number of pyridine rings is 1. The highest BCUT2D eigenvalue weighted by atomic mass is 35.5. The molecular formula is C15H12ClN3O5. The summed E-state index contributed by atoms with van der Waals surface area (Å²) in [6, 6.07) is 7.15. The van der Waals surface area contributed by atoms with Crippen LogP contribution in [0, 0.1) is 10.1 Å².